The van der Waals surface area contributed by atoms with Crippen LogP contribution in [-0.4, -0.2) is 40.9 Å². The van der Waals surface area contributed by atoms with Gasteiger partial charge in [-0.25, -0.2) is 0 Å². The lowest BCUT2D eigenvalue weighted by molar-refractivity contribution is -0.142. The van der Waals surface area contributed by atoms with Gasteiger partial charge in [-0.3, -0.25) is 14.4 Å². The zero-order valence-electron chi connectivity index (χ0n) is 14.8. The van der Waals surface area contributed by atoms with Crippen LogP contribution in [-0.2, 0) is 20.9 Å². The number of nitrogens with one attached hydrogen (secondary N) is 1. The maximum Gasteiger partial charge on any atom is 0.308 e. The predicted molar refractivity (Wildman–Crippen MR) is 93.7 cm³/mol. The van der Waals surface area contributed by atoms with E-state index in [1.807, 2.05) is 38.1 Å². The van der Waals surface area contributed by atoms with Crippen molar-refractivity contribution in [1.82, 2.24) is 10.2 Å². The third kappa shape index (κ3) is 5.31. The van der Waals surface area contributed by atoms with E-state index in [4.69, 9.17) is 5.11 Å². The van der Waals surface area contributed by atoms with Crippen LogP contribution in [0.15, 0.2) is 24.3 Å². The van der Waals surface area contributed by atoms with Gasteiger partial charge >= 0.3 is 5.97 Å². The third-order valence-electron chi connectivity index (χ3n) is 4.59. The van der Waals surface area contributed by atoms with Crippen molar-refractivity contribution in [3.63, 3.8) is 0 Å². The minimum Gasteiger partial charge on any atom is -0.481 e. The van der Waals surface area contributed by atoms with E-state index >= 15 is 0 Å². The molecule has 1 heterocycles. The smallest absolute Gasteiger partial charge is 0.308 e. The summed E-state index contributed by atoms with van der Waals surface area (Å²) in [6.45, 7) is 4.91. The molecule has 25 heavy (non-hydrogen) atoms. The summed E-state index contributed by atoms with van der Waals surface area (Å²) in [5, 5.41) is 11.8. The molecule has 6 heteroatoms. The molecule has 0 saturated carbocycles. The van der Waals surface area contributed by atoms with Gasteiger partial charge in [-0.05, 0) is 18.9 Å². The molecule has 0 radical (unpaired) electrons. The molecule has 2 rings (SSSR count). The summed E-state index contributed by atoms with van der Waals surface area (Å²) in [5.41, 5.74) is 2.20. The zero-order chi connectivity index (χ0) is 18.4. The Morgan fingerprint density at radius 1 is 1.32 bits per heavy atom. The van der Waals surface area contributed by atoms with E-state index in [1.165, 1.54) is 0 Å². The van der Waals surface area contributed by atoms with Gasteiger partial charge in [-0.1, -0.05) is 43.2 Å². The Bertz CT molecular complexity index is 627. The number of amides is 2. The van der Waals surface area contributed by atoms with Gasteiger partial charge in [0.15, 0.2) is 0 Å². The molecule has 1 aromatic rings. The van der Waals surface area contributed by atoms with E-state index < -0.39 is 17.8 Å². The highest BCUT2D eigenvalue weighted by atomic mass is 16.4. The average molecular weight is 346 g/mol. The molecule has 1 aliphatic rings. The monoisotopic (exact) mass is 346 g/mol. The maximum absolute atomic E-state index is 12.3. The molecule has 1 aliphatic heterocycles. The van der Waals surface area contributed by atoms with Gasteiger partial charge in [-0.15, -0.1) is 0 Å². The molecule has 136 valence electrons. The summed E-state index contributed by atoms with van der Waals surface area (Å²) in [7, 11) is 0. The van der Waals surface area contributed by atoms with Gasteiger partial charge in [-0.2, -0.15) is 0 Å². The molecule has 0 spiro atoms. The van der Waals surface area contributed by atoms with Crippen molar-refractivity contribution in [2.75, 3.05) is 13.1 Å². The number of aliphatic carboxylic acids is 1. The fourth-order valence-electron chi connectivity index (χ4n) is 3.04. The lowest BCUT2D eigenvalue weighted by atomic mass is 10.0. The van der Waals surface area contributed by atoms with E-state index in [2.05, 4.69) is 5.32 Å². The molecule has 0 aromatic heterocycles. The normalized spacial score (nSPS) is 18.2. The number of carboxylic acids is 1. The highest BCUT2D eigenvalue weighted by molar-refractivity contribution is 5.89. The van der Waals surface area contributed by atoms with Crippen LogP contribution in [0.4, 0.5) is 0 Å². The number of benzene rings is 1. The largest absolute Gasteiger partial charge is 0.481 e. The van der Waals surface area contributed by atoms with E-state index in [9.17, 15) is 14.4 Å². The van der Waals surface area contributed by atoms with Gasteiger partial charge in [0, 0.05) is 26.1 Å². The fourth-order valence-corrected chi connectivity index (χ4v) is 3.04. The summed E-state index contributed by atoms with van der Waals surface area (Å²) < 4.78 is 0. The quantitative estimate of drug-likeness (QED) is 0.753. The first-order chi connectivity index (χ1) is 11.9. The highest BCUT2D eigenvalue weighted by Crippen LogP contribution is 2.21. The van der Waals surface area contributed by atoms with Crippen molar-refractivity contribution in [3.05, 3.63) is 35.4 Å². The van der Waals surface area contributed by atoms with Crippen LogP contribution < -0.4 is 5.32 Å². The SMILES string of the molecule is CCCC(CNC(=O)C1CC(=O)N(Cc2ccc(C)cc2)C1)C(=O)O. The number of aryl methyl sites for hydroxylation is 1. The Morgan fingerprint density at radius 3 is 2.60 bits per heavy atom. The molecule has 2 atom stereocenters. The molecular weight excluding hydrogens is 320 g/mol. The molecule has 0 bridgehead atoms. The molecule has 2 N–H and O–H groups in total. The van der Waals surface area contributed by atoms with Crippen molar-refractivity contribution < 1.29 is 19.5 Å². The number of carbonyl (C=O) groups excluding carboxylic acids is 2. The molecule has 1 fully saturated rings. The lowest BCUT2D eigenvalue weighted by Crippen LogP contribution is -2.37. The topological polar surface area (TPSA) is 86.7 Å². The summed E-state index contributed by atoms with van der Waals surface area (Å²) in [5.74, 6) is -2.15. The van der Waals surface area contributed by atoms with Crippen LogP contribution in [0.25, 0.3) is 0 Å². The average Bonchev–Trinajstić information content (AvgIpc) is 2.94. The summed E-state index contributed by atoms with van der Waals surface area (Å²) in [4.78, 5) is 37.3. The van der Waals surface area contributed by atoms with Crippen molar-refractivity contribution >= 4 is 17.8 Å². The molecular formula is C19H26N2O4. The zero-order valence-corrected chi connectivity index (χ0v) is 14.8. The van der Waals surface area contributed by atoms with Crippen LogP contribution >= 0.6 is 0 Å². The number of carbonyl (C=O) groups is 3. The minimum atomic E-state index is -0.898. The first-order valence-corrected chi connectivity index (χ1v) is 8.74. The molecule has 6 nitrogen and oxygen atoms in total. The fraction of sp³-hybridized carbons (Fsp3) is 0.526. The Hall–Kier alpha value is -2.37. The standard InChI is InChI=1S/C19H26N2O4/c1-3-4-15(19(24)25)10-20-18(23)16-9-17(22)21(12-16)11-14-7-5-13(2)6-8-14/h5-8,15-16H,3-4,9-12H2,1-2H3,(H,20,23)(H,24,25). The van der Waals surface area contributed by atoms with Crippen LogP contribution in [0.3, 0.4) is 0 Å². The molecule has 1 aromatic carbocycles. The van der Waals surface area contributed by atoms with Crippen LogP contribution in [0.5, 0.6) is 0 Å². The van der Waals surface area contributed by atoms with E-state index in [0.717, 1.165) is 17.5 Å². The maximum atomic E-state index is 12.3. The van der Waals surface area contributed by atoms with Gasteiger partial charge in [0.1, 0.15) is 0 Å². The summed E-state index contributed by atoms with van der Waals surface area (Å²) >= 11 is 0. The molecule has 0 aliphatic carbocycles. The van der Waals surface area contributed by atoms with E-state index in [0.29, 0.717) is 19.5 Å². The number of rotatable bonds is 8. The Labute approximate surface area is 148 Å². The first-order valence-electron chi connectivity index (χ1n) is 8.74. The molecule has 2 unspecified atom stereocenters. The van der Waals surface area contributed by atoms with E-state index in [1.54, 1.807) is 4.90 Å². The Balaban J connectivity index is 1.87. The second-order valence-corrected chi connectivity index (χ2v) is 6.73. The number of hydrogen-bond donors (Lipinski definition) is 2. The Kier molecular flexibility index (Phi) is 6.56. The van der Waals surface area contributed by atoms with Gasteiger partial charge in [0.25, 0.3) is 0 Å². The van der Waals surface area contributed by atoms with Crippen LogP contribution in [0.1, 0.15) is 37.3 Å². The number of carboxylic acid groups (broad SMARTS) is 1. The number of likely N-dealkylation sites (tertiary alicyclic amines) is 1. The Morgan fingerprint density at radius 2 is 2.00 bits per heavy atom. The highest BCUT2D eigenvalue weighted by Gasteiger charge is 2.34. The molecule has 2 amide bonds. The van der Waals surface area contributed by atoms with Crippen LogP contribution in [0.2, 0.25) is 0 Å². The number of hydrogen-bond acceptors (Lipinski definition) is 3. The molecule has 1 saturated heterocycles. The van der Waals surface area contributed by atoms with E-state index in [-0.39, 0.29) is 24.8 Å². The van der Waals surface area contributed by atoms with Gasteiger partial charge < -0.3 is 15.3 Å². The van der Waals surface area contributed by atoms with Gasteiger partial charge in [0.05, 0.1) is 11.8 Å². The minimum absolute atomic E-state index is 0.0379. The summed E-state index contributed by atoms with van der Waals surface area (Å²) in [6, 6.07) is 7.97. The lowest BCUT2D eigenvalue weighted by Gasteiger charge is -2.17. The van der Waals surface area contributed by atoms with Crippen LogP contribution in [0, 0.1) is 18.8 Å². The second kappa shape index (κ2) is 8.65. The predicted octanol–water partition coefficient (Wildman–Crippen LogP) is 1.96. The summed E-state index contributed by atoms with van der Waals surface area (Å²) in [6.07, 6.45) is 1.46. The second-order valence-electron chi connectivity index (χ2n) is 6.73. The van der Waals surface area contributed by atoms with Crippen molar-refractivity contribution in [3.8, 4) is 0 Å². The number of nitrogens with zero attached hydrogens (tertiary/aromatic N) is 1. The van der Waals surface area contributed by atoms with Gasteiger partial charge in [0.2, 0.25) is 11.8 Å². The first kappa shape index (κ1) is 19.0. The van der Waals surface area contributed by atoms with Crippen molar-refractivity contribution in [2.45, 2.75) is 39.7 Å². The van der Waals surface area contributed by atoms with Crippen molar-refractivity contribution in [1.29, 1.82) is 0 Å². The third-order valence-corrected chi connectivity index (χ3v) is 4.59. The van der Waals surface area contributed by atoms with Crippen molar-refractivity contribution in [2.24, 2.45) is 11.8 Å².